The third-order valence-corrected chi connectivity index (χ3v) is 8.15. The lowest BCUT2D eigenvalue weighted by Crippen LogP contribution is -2.52. The van der Waals surface area contributed by atoms with Gasteiger partial charge < -0.3 is 34.1 Å². The average Bonchev–Trinajstić information content (AvgIpc) is 2.98. The van der Waals surface area contributed by atoms with E-state index in [9.17, 15) is 18.3 Å². The van der Waals surface area contributed by atoms with E-state index in [1.54, 1.807) is 0 Å². The van der Waals surface area contributed by atoms with Crippen LogP contribution in [0.1, 0.15) is 18.4 Å². The van der Waals surface area contributed by atoms with Gasteiger partial charge in [-0.15, -0.1) is 0 Å². The molecule has 2 aromatic rings. The number of benzene rings is 2. The van der Waals surface area contributed by atoms with Crippen LogP contribution in [-0.4, -0.2) is 95.3 Å². The molecular formula is C27H36N2O10S. The zero-order valence-corrected chi connectivity index (χ0v) is 23.2. The van der Waals surface area contributed by atoms with Gasteiger partial charge >= 0.3 is 6.09 Å². The summed E-state index contributed by atoms with van der Waals surface area (Å²) in [7, 11) is -2.71. The Bertz CT molecular complexity index is 1150. The standard InChI is InChI=1S/C27H36N2O10S/c1-34-21-7-9-24(10-8-21)40(32,33)29(39-22-11-13-35-14-12-22)16-26(30)25(15-20-5-3-2-4-6-20)28-27(31)38-23-17-36-19-37-18-23/h2-10,22-23,25-26,30H,11-19H2,1H3,(H,28,31)/t25-,26+/m0/s1. The summed E-state index contributed by atoms with van der Waals surface area (Å²) in [5.74, 6) is 0.496. The number of rotatable bonds is 12. The topological polar surface area (TPSA) is 142 Å². The van der Waals surface area contributed by atoms with Gasteiger partial charge in [-0.3, -0.25) is 4.84 Å². The van der Waals surface area contributed by atoms with Crippen LogP contribution in [0.2, 0.25) is 0 Å². The Kier molecular flexibility index (Phi) is 11.1. The number of carbonyl (C=O) groups excluding carboxylic acids is 1. The van der Waals surface area contributed by atoms with Crippen LogP contribution in [0, 0.1) is 0 Å². The molecule has 220 valence electrons. The number of nitrogens with one attached hydrogen (secondary N) is 1. The van der Waals surface area contributed by atoms with Gasteiger partial charge in [-0.05, 0) is 49.1 Å². The second kappa shape index (κ2) is 14.7. The second-order valence-electron chi connectivity index (χ2n) is 9.48. The third kappa shape index (κ3) is 8.61. The zero-order chi connectivity index (χ0) is 28.4. The summed E-state index contributed by atoms with van der Waals surface area (Å²) in [5, 5.41) is 14.1. The molecular weight excluding hydrogens is 544 g/mol. The first-order valence-electron chi connectivity index (χ1n) is 13.1. The lowest BCUT2D eigenvalue weighted by Gasteiger charge is -2.32. The Balaban J connectivity index is 1.54. The minimum Gasteiger partial charge on any atom is -0.497 e. The molecule has 0 bridgehead atoms. The van der Waals surface area contributed by atoms with Crippen LogP contribution in [0.5, 0.6) is 5.75 Å². The Hall–Kier alpha value is -2.78. The van der Waals surface area contributed by atoms with Gasteiger partial charge in [0.05, 0.1) is 50.0 Å². The molecule has 2 aliphatic rings. The first kappa shape index (κ1) is 30.2. The number of aliphatic hydroxyl groups excluding tert-OH is 1. The van der Waals surface area contributed by atoms with Crippen molar-refractivity contribution < 1.29 is 46.8 Å². The predicted octanol–water partition coefficient (Wildman–Crippen LogP) is 1.87. The van der Waals surface area contributed by atoms with E-state index in [-0.39, 0.29) is 31.3 Å². The largest absolute Gasteiger partial charge is 0.497 e. The van der Waals surface area contributed by atoms with Crippen molar-refractivity contribution >= 4 is 16.1 Å². The Morgan fingerprint density at radius 3 is 2.35 bits per heavy atom. The van der Waals surface area contributed by atoms with Crippen LogP contribution in [0.15, 0.2) is 59.5 Å². The van der Waals surface area contributed by atoms with E-state index in [0.29, 0.717) is 31.8 Å². The van der Waals surface area contributed by atoms with E-state index in [0.717, 1.165) is 10.0 Å². The van der Waals surface area contributed by atoms with Gasteiger partial charge in [0, 0.05) is 13.2 Å². The molecule has 0 unspecified atom stereocenters. The zero-order valence-electron chi connectivity index (χ0n) is 22.3. The maximum absolute atomic E-state index is 13.7. The number of hydrogen-bond acceptors (Lipinski definition) is 10. The SMILES string of the molecule is COc1ccc(S(=O)(=O)N(C[C@@H](O)[C@H](Cc2ccccc2)NC(=O)OC2COCOC2)OC2CCOCC2)cc1. The van der Waals surface area contributed by atoms with Gasteiger partial charge in [0.25, 0.3) is 10.0 Å². The van der Waals surface area contributed by atoms with Gasteiger partial charge in [0.1, 0.15) is 12.5 Å². The Morgan fingerprint density at radius 1 is 1.02 bits per heavy atom. The van der Waals surface area contributed by atoms with Crippen LogP contribution in [0.3, 0.4) is 0 Å². The normalized spacial score (nSPS) is 18.7. The molecule has 0 aliphatic carbocycles. The maximum atomic E-state index is 13.7. The molecule has 13 heteroatoms. The lowest BCUT2D eigenvalue weighted by molar-refractivity contribution is -0.170. The minimum absolute atomic E-state index is 0.0307. The molecule has 2 atom stereocenters. The second-order valence-corrected chi connectivity index (χ2v) is 11.3. The minimum atomic E-state index is -4.20. The molecule has 2 heterocycles. The highest BCUT2D eigenvalue weighted by molar-refractivity contribution is 7.89. The molecule has 0 saturated carbocycles. The Morgan fingerprint density at radius 2 is 1.70 bits per heavy atom. The number of hydroxylamine groups is 1. The van der Waals surface area contributed by atoms with Gasteiger partial charge in [0.15, 0.2) is 6.10 Å². The first-order chi connectivity index (χ1) is 19.3. The lowest BCUT2D eigenvalue weighted by atomic mass is 10.0. The fraction of sp³-hybridized carbons (Fsp3) is 0.519. The number of ether oxygens (including phenoxy) is 5. The fourth-order valence-electron chi connectivity index (χ4n) is 4.31. The molecule has 40 heavy (non-hydrogen) atoms. The van der Waals surface area contributed by atoms with E-state index in [2.05, 4.69) is 5.32 Å². The smallest absolute Gasteiger partial charge is 0.407 e. The number of hydrogen-bond donors (Lipinski definition) is 2. The van der Waals surface area contributed by atoms with Crippen molar-refractivity contribution in [3.05, 3.63) is 60.2 Å². The average molecular weight is 581 g/mol. The van der Waals surface area contributed by atoms with Crippen molar-refractivity contribution in [3.63, 3.8) is 0 Å². The molecule has 2 saturated heterocycles. The highest BCUT2D eigenvalue weighted by Gasteiger charge is 2.34. The number of sulfonamides is 1. The van der Waals surface area contributed by atoms with Crippen LogP contribution < -0.4 is 10.1 Å². The third-order valence-electron chi connectivity index (χ3n) is 6.51. The first-order valence-corrected chi connectivity index (χ1v) is 14.5. The number of methoxy groups -OCH3 is 1. The van der Waals surface area contributed by atoms with Crippen molar-refractivity contribution in [3.8, 4) is 5.75 Å². The summed E-state index contributed by atoms with van der Waals surface area (Å²) in [5.41, 5.74) is 0.825. The van der Waals surface area contributed by atoms with Crippen LogP contribution in [0.25, 0.3) is 0 Å². The van der Waals surface area contributed by atoms with Crippen molar-refractivity contribution in [2.24, 2.45) is 0 Å². The van der Waals surface area contributed by atoms with Crippen LogP contribution in [0.4, 0.5) is 4.79 Å². The molecule has 0 aromatic heterocycles. The summed E-state index contributed by atoms with van der Waals surface area (Å²) in [6, 6.07) is 14.2. The van der Waals surface area contributed by atoms with E-state index in [1.165, 1.54) is 31.4 Å². The molecule has 2 aliphatic heterocycles. The molecule has 0 spiro atoms. The monoisotopic (exact) mass is 580 g/mol. The fourth-order valence-corrected chi connectivity index (χ4v) is 5.61. The van der Waals surface area contributed by atoms with E-state index in [4.69, 9.17) is 28.5 Å². The summed E-state index contributed by atoms with van der Waals surface area (Å²) in [6.45, 7) is 0.921. The maximum Gasteiger partial charge on any atom is 0.407 e. The highest BCUT2D eigenvalue weighted by Crippen LogP contribution is 2.24. The van der Waals surface area contributed by atoms with Gasteiger partial charge in [-0.25, -0.2) is 13.2 Å². The van der Waals surface area contributed by atoms with Crippen molar-refractivity contribution in [1.29, 1.82) is 0 Å². The van der Waals surface area contributed by atoms with Crippen molar-refractivity contribution in [1.82, 2.24) is 9.79 Å². The van der Waals surface area contributed by atoms with Gasteiger partial charge in [-0.2, -0.15) is 0 Å². The quantitative estimate of drug-likeness (QED) is 0.357. The Labute approximate surface area is 234 Å². The predicted molar refractivity (Wildman–Crippen MR) is 142 cm³/mol. The molecule has 1 amide bonds. The molecule has 2 aromatic carbocycles. The van der Waals surface area contributed by atoms with Crippen LogP contribution >= 0.6 is 0 Å². The number of carbonyl (C=O) groups is 1. The summed E-state index contributed by atoms with van der Waals surface area (Å²) in [4.78, 5) is 18.7. The van der Waals surface area contributed by atoms with Gasteiger partial charge in [-0.1, -0.05) is 34.8 Å². The summed E-state index contributed by atoms with van der Waals surface area (Å²) in [6.07, 6.45) is -1.98. The molecule has 0 radical (unpaired) electrons. The molecule has 2 fully saturated rings. The van der Waals surface area contributed by atoms with Gasteiger partial charge in [0.2, 0.25) is 0 Å². The molecule has 4 rings (SSSR count). The van der Waals surface area contributed by atoms with Crippen molar-refractivity contribution in [2.45, 2.75) is 48.5 Å². The van der Waals surface area contributed by atoms with E-state index in [1.807, 2.05) is 30.3 Å². The van der Waals surface area contributed by atoms with Crippen molar-refractivity contribution in [2.75, 3.05) is 46.9 Å². The number of amides is 1. The van der Waals surface area contributed by atoms with Crippen LogP contribution in [-0.2, 0) is 40.2 Å². The number of alkyl carbamates (subject to hydrolysis) is 1. The van der Waals surface area contributed by atoms with E-state index >= 15 is 0 Å². The highest BCUT2D eigenvalue weighted by atomic mass is 32.2. The number of nitrogens with zero attached hydrogens (tertiary/aromatic N) is 1. The summed E-state index contributed by atoms with van der Waals surface area (Å²) >= 11 is 0. The summed E-state index contributed by atoms with van der Waals surface area (Å²) < 4.78 is 54.4. The van der Waals surface area contributed by atoms with E-state index < -0.39 is 47.0 Å². The molecule has 2 N–H and O–H groups in total. The number of aliphatic hydroxyl groups is 1. The molecule has 12 nitrogen and oxygen atoms in total.